The first kappa shape index (κ1) is 14.5. The second kappa shape index (κ2) is 6.52. The predicted molar refractivity (Wildman–Crippen MR) is 82.2 cm³/mol. The van der Waals surface area contributed by atoms with Crippen molar-refractivity contribution in [2.24, 2.45) is 0 Å². The number of carbonyl (C=O) groups excluding carboxylic acids is 1. The molecule has 1 aromatic carbocycles. The summed E-state index contributed by atoms with van der Waals surface area (Å²) in [6.45, 7) is 4.29. The molecule has 1 heterocycles. The molecular weight excluding hydrogens is 320 g/mol. The summed E-state index contributed by atoms with van der Waals surface area (Å²) in [6, 6.07) is 9.05. The predicted octanol–water partition coefficient (Wildman–Crippen LogP) is 3.80. The van der Waals surface area contributed by atoms with Crippen LogP contribution in [-0.2, 0) is 0 Å². The summed E-state index contributed by atoms with van der Waals surface area (Å²) in [5.74, 6) is 0.888. The zero-order chi connectivity index (χ0) is 14.5. The van der Waals surface area contributed by atoms with Crippen molar-refractivity contribution in [1.29, 1.82) is 0 Å². The first-order valence-corrected chi connectivity index (χ1v) is 7.06. The van der Waals surface area contributed by atoms with Crippen molar-refractivity contribution in [3.63, 3.8) is 0 Å². The van der Waals surface area contributed by atoms with Crippen LogP contribution in [0.15, 0.2) is 41.0 Å². The number of carbonyl (C=O) groups is 1. The van der Waals surface area contributed by atoms with Crippen molar-refractivity contribution >= 4 is 27.7 Å². The van der Waals surface area contributed by atoms with Gasteiger partial charge in [-0.15, -0.1) is 0 Å². The van der Waals surface area contributed by atoms with Crippen LogP contribution in [0.2, 0.25) is 0 Å². The Balaban J connectivity index is 2.24. The second-order valence-electron chi connectivity index (χ2n) is 4.20. The Labute approximate surface area is 126 Å². The standard InChI is InChI=1S/C15H15BrN2O2/c1-3-20-13-7-5-4-6-12(13)15(19)18-14-10(2)8-11(16)9-17-14/h4-9H,3H2,1-2H3,(H,17,18,19). The quantitative estimate of drug-likeness (QED) is 0.925. The van der Waals surface area contributed by atoms with Crippen LogP contribution in [0.25, 0.3) is 0 Å². The Hall–Kier alpha value is -1.88. The fourth-order valence-corrected chi connectivity index (χ4v) is 2.23. The van der Waals surface area contributed by atoms with Crippen LogP contribution in [0, 0.1) is 6.92 Å². The van der Waals surface area contributed by atoms with E-state index in [1.54, 1.807) is 24.4 Å². The van der Waals surface area contributed by atoms with E-state index < -0.39 is 0 Å². The van der Waals surface area contributed by atoms with Crippen LogP contribution in [0.4, 0.5) is 5.82 Å². The van der Waals surface area contributed by atoms with E-state index in [-0.39, 0.29) is 5.91 Å². The fraction of sp³-hybridized carbons (Fsp3) is 0.200. The lowest BCUT2D eigenvalue weighted by molar-refractivity contribution is 0.102. The molecule has 2 aromatic rings. The summed E-state index contributed by atoms with van der Waals surface area (Å²) >= 11 is 3.34. The molecule has 0 saturated carbocycles. The maximum absolute atomic E-state index is 12.3. The van der Waals surface area contributed by atoms with Gasteiger partial charge in [-0.05, 0) is 53.5 Å². The Morgan fingerprint density at radius 3 is 2.85 bits per heavy atom. The number of ether oxygens (including phenoxy) is 1. The minimum Gasteiger partial charge on any atom is -0.493 e. The van der Waals surface area contributed by atoms with Gasteiger partial charge in [-0.3, -0.25) is 4.79 Å². The maximum Gasteiger partial charge on any atom is 0.260 e. The Morgan fingerprint density at radius 2 is 2.15 bits per heavy atom. The molecule has 2 rings (SSSR count). The molecule has 0 spiro atoms. The van der Waals surface area contributed by atoms with Gasteiger partial charge in [-0.25, -0.2) is 4.98 Å². The van der Waals surface area contributed by atoms with Crippen molar-refractivity contribution in [3.8, 4) is 5.75 Å². The van der Waals surface area contributed by atoms with E-state index in [2.05, 4.69) is 26.2 Å². The van der Waals surface area contributed by atoms with Crippen molar-refractivity contribution in [3.05, 3.63) is 52.1 Å². The highest BCUT2D eigenvalue weighted by molar-refractivity contribution is 9.10. The maximum atomic E-state index is 12.3. The number of benzene rings is 1. The normalized spacial score (nSPS) is 10.2. The highest BCUT2D eigenvalue weighted by Crippen LogP contribution is 2.21. The highest BCUT2D eigenvalue weighted by atomic mass is 79.9. The molecule has 0 aliphatic carbocycles. The van der Waals surface area contributed by atoms with Crippen molar-refractivity contribution < 1.29 is 9.53 Å². The van der Waals surface area contributed by atoms with Crippen molar-refractivity contribution in [2.75, 3.05) is 11.9 Å². The van der Waals surface area contributed by atoms with Crippen LogP contribution in [0.5, 0.6) is 5.75 Å². The number of nitrogens with zero attached hydrogens (tertiary/aromatic N) is 1. The molecule has 0 aliphatic heterocycles. The molecule has 5 heteroatoms. The molecule has 0 unspecified atom stereocenters. The van der Waals surface area contributed by atoms with E-state index in [0.717, 1.165) is 10.0 Å². The molecule has 0 bridgehead atoms. The smallest absolute Gasteiger partial charge is 0.260 e. The Kier molecular flexibility index (Phi) is 4.74. The molecule has 0 atom stereocenters. The minimum atomic E-state index is -0.230. The van der Waals surface area contributed by atoms with Gasteiger partial charge in [0.15, 0.2) is 0 Å². The monoisotopic (exact) mass is 334 g/mol. The van der Waals surface area contributed by atoms with Gasteiger partial charge >= 0.3 is 0 Å². The van der Waals surface area contributed by atoms with Gasteiger partial charge in [0.05, 0.1) is 12.2 Å². The molecule has 104 valence electrons. The van der Waals surface area contributed by atoms with Gasteiger partial charge in [0.1, 0.15) is 11.6 Å². The topological polar surface area (TPSA) is 51.2 Å². The number of aryl methyl sites for hydroxylation is 1. The minimum absolute atomic E-state index is 0.230. The number of hydrogen-bond donors (Lipinski definition) is 1. The largest absolute Gasteiger partial charge is 0.493 e. The Bertz CT molecular complexity index is 629. The van der Waals surface area contributed by atoms with E-state index in [4.69, 9.17) is 4.74 Å². The van der Waals surface area contributed by atoms with E-state index >= 15 is 0 Å². The third-order valence-electron chi connectivity index (χ3n) is 2.71. The first-order chi connectivity index (χ1) is 9.61. The summed E-state index contributed by atoms with van der Waals surface area (Å²) in [6.07, 6.45) is 1.65. The van der Waals surface area contributed by atoms with Gasteiger partial charge in [0.2, 0.25) is 0 Å². The highest BCUT2D eigenvalue weighted by Gasteiger charge is 2.13. The fourth-order valence-electron chi connectivity index (χ4n) is 1.78. The third-order valence-corrected chi connectivity index (χ3v) is 3.14. The molecule has 0 aliphatic rings. The summed E-state index contributed by atoms with van der Waals surface area (Å²) < 4.78 is 6.33. The summed E-state index contributed by atoms with van der Waals surface area (Å²) in [7, 11) is 0. The lowest BCUT2D eigenvalue weighted by atomic mass is 10.2. The van der Waals surface area contributed by atoms with E-state index in [0.29, 0.717) is 23.7 Å². The van der Waals surface area contributed by atoms with Gasteiger partial charge in [-0.2, -0.15) is 0 Å². The zero-order valence-corrected chi connectivity index (χ0v) is 12.9. The summed E-state index contributed by atoms with van der Waals surface area (Å²) in [5.41, 5.74) is 1.39. The molecule has 4 nitrogen and oxygen atoms in total. The van der Waals surface area contributed by atoms with Crippen LogP contribution in [0.1, 0.15) is 22.8 Å². The lowest BCUT2D eigenvalue weighted by Crippen LogP contribution is -2.15. The second-order valence-corrected chi connectivity index (χ2v) is 5.12. The van der Waals surface area contributed by atoms with Crippen LogP contribution in [-0.4, -0.2) is 17.5 Å². The van der Waals surface area contributed by atoms with Gasteiger partial charge in [-0.1, -0.05) is 12.1 Å². The first-order valence-electron chi connectivity index (χ1n) is 6.27. The molecule has 0 fully saturated rings. The molecular formula is C15H15BrN2O2. The van der Waals surface area contributed by atoms with Crippen LogP contribution < -0.4 is 10.1 Å². The number of anilines is 1. The van der Waals surface area contributed by atoms with Gasteiger partial charge in [0.25, 0.3) is 5.91 Å². The number of aromatic nitrogens is 1. The third kappa shape index (κ3) is 3.36. The summed E-state index contributed by atoms with van der Waals surface area (Å²) in [4.78, 5) is 16.5. The average molecular weight is 335 g/mol. The molecule has 1 N–H and O–H groups in total. The summed E-state index contributed by atoms with van der Waals surface area (Å²) in [5, 5.41) is 2.80. The number of nitrogens with one attached hydrogen (secondary N) is 1. The van der Waals surface area contributed by atoms with E-state index in [9.17, 15) is 4.79 Å². The van der Waals surface area contributed by atoms with Crippen LogP contribution in [0.3, 0.4) is 0 Å². The van der Waals surface area contributed by atoms with Gasteiger partial charge in [0, 0.05) is 10.7 Å². The SMILES string of the molecule is CCOc1ccccc1C(=O)Nc1ncc(Br)cc1C. The number of pyridine rings is 1. The van der Waals surface area contributed by atoms with E-state index in [1.807, 2.05) is 26.0 Å². The number of amides is 1. The average Bonchev–Trinajstić information content (AvgIpc) is 2.43. The number of halogens is 1. The van der Waals surface area contributed by atoms with Crippen molar-refractivity contribution in [2.45, 2.75) is 13.8 Å². The van der Waals surface area contributed by atoms with Gasteiger partial charge < -0.3 is 10.1 Å². The van der Waals surface area contributed by atoms with E-state index in [1.165, 1.54) is 0 Å². The Morgan fingerprint density at radius 1 is 1.40 bits per heavy atom. The van der Waals surface area contributed by atoms with Crippen LogP contribution >= 0.6 is 15.9 Å². The lowest BCUT2D eigenvalue weighted by Gasteiger charge is -2.11. The molecule has 1 amide bonds. The zero-order valence-electron chi connectivity index (χ0n) is 11.3. The van der Waals surface area contributed by atoms with Crippen molar-refractivity contribution in [1.82, 2.24) is 4.98 Å². The number of hydrogen-bond acceptors (Lipinski definition) is 3. The molecule has 0 radical (unpaired) electrons. The molecule has 1 aromatic heterocycles. The molecule has 20 heavy (non-hydrogen) atoms. The number of rotatable bonds is 4. The number of para-hydroxylation sites is 1. The molecule has 0 saturated heterocycles.